The molecule has 164 valence electrons. The third-order valence-electron chi connectivity index (χ3n) is 5.24. The van der Waals surface area contributed by atoms with E-state index < -0.39 is 41.6 Å². The Balaban J connectivity index is 1.88. The van der Waals surface area contributed by atoms with Crippen LogP contribution in [0.15, 0.2) is 18.2 Å². The molecule has 0 saturated carbocycles. The highest BCUT2D eigenvalue weighted by Gasteiger charge is 2.50. The fraction of sp³-hybridized carbons (Fsp3) is 0.333. The molecular formula is C21H21ClFN3O5. The highest BCUT2D eigenvalue weighted by atomic mass is 35.5. The first-order valence-corrected chi connectivity index (χ1v) is 9.88. The number of H-pyrrole nitrogens is 1. The van der Waals surface area contributed by atoms with Crippen LogP contribution in [-0.4, -0.2) is 46.7 Å². The number of carbonyl (C=O) groups is 4. The number of nitrogens with zero attached hydrogens (tertiary/aromatic N) is 1. The third kappa shape index (κ3) is 3.81. The van der Waals surface area contributed by atoms with Gasteiger partial charge in [-0.2, -0.15) is 0 Å². The summed E-state index contributed by atoms with van der Waals surface area (Å²) in [5.41, 5.74) is -0.184. The number of esters is 1. The van der Waals surface area contributed by atoms with Crippen LogP contribution in [0.4, 0.5) is 9.18 Å². The SMILES string of the molecule is CCOC(=O)c1c(C)[nH]c(C(=O)CN2C(=O)NC(C)(c3ccc(F)cc3Cl)C2=O)c1C. The van der Waals surface area contributed by atoms with Gasteiger partial charge in [0.1, 0.15) is 11.4 Å². The number of ether oxygens (including phenoxy) is 1. The van der Waals surface area contributed by atoms with Crippen molar-refractivity contribution in [1.29, 1.82) is 0 Å². The van der Waals surface area contributed by atoms with E-state index in [0.29, 0.717) is 11.3 Å². The van der Waals surface area contributed by atoms with Crippen molar-refractivity contribution in [3.05, 3.63) is 57.1 Å². The summed E-state index contributed by atoms with van der Waals surface area (Å²) in [5, 5.41) is 2.50. The maximum Gasteiger partial charge on any atom is 0.340 e. The number of aromatic amines is 1. The second-order valence-electron chi connectivity index (χ2n) is 7.34. The predicted octanol–water partition coefficient (Wildman–Crippen LogP) is 3.25. The second kappa shape index (κ2) is 8.14. The number of aryl methyl sites for hydroxylation is 1. The zero-order valence-electron chi connectivity index (χ0n) is 17.4. The van der Waals surface area contributed by atoms with Gasteiger partial charge in [-0.25, -0.2) is 14.0 Å². The van der Waals surface area contributed by atoms with Crippen molar-refractivity contribution < 1.29 is 28.3 Å². The molecule has 1 aliphatic heterocycles. The zero-order chi connectivity index (χ0) is 23.1. The summed E-state index contributed by atoms with van der Waals surface area (Å²) >= 11 is 6.08. The van der Waals surface area contributed by atoms with Gasteiger partial charge in [0.15, 0.2) is 5.78 Å². The topological polar surface area (TPSA) is 109 Å². The van der Waals surface area contributed by atoms with Crippen molar-refractivity contribution in [2.24, 2.45) is 0 Å². The van der Waals surface area contributed by atoms with Crippen molar-refractivity contribution in [1.82, 2.24) is 15.2 Å². The highest BCUT2D eigenvalue weighted by Crippen LogP contribution is 2.34. The number of halogens is 2. The van der Waals surface area contributed by atoms with Crippen LogP contribution in [0.25, 0.3) is 0 Å². The van der Waals surface area contributed by atoms with Gasteiger partial charge in [-0.15, -0.1) is 0 Å². The molecule has 0 aliphatic carbocycles. The fourth-order valence-corrected chi connectivity index (χ4v) is 4.04. The maximum absolute atomic E-state index is 13.4. The summed E-state index contributed by atoms with van der Waals surface area (Å²) in [4.78, 5) is 54.2. The van der Waals surface area contributed by atoms with Crippen molar-refractivity contribution in [3.63, 3.8) is 0 Å². The summed E-state index contributed by atoms with van der Waals surface area (Å²) in [6.07, 6.45) is 0. The molecule has 3 rings (SSSR count). The number of amides is 3. The molecule has 1 unspecified atom stereocenters. The minimum absolute atomic E-state index is 0.0285. The minimum atomic E-state index is -1.56. The van der Waals surface area contributed by atoms with E-state index in [4.69, 9.17) is 16.3 Å². The van der Waals surface area contributed by atoms with Crippen LogP contribution in [0, 0.1) is 19.7 Å². The first-order valence-electron chi connectivity index (χ1n) is 9.50. The first kappa shape index (κ1) is 22.5. The number of rotatable bonds is 6. The Morgan fingerprint density at radius 3 is 2.55 bits per heavy atom. The van der Waals surface area contributed by atoms with Crippen LogP contribution < -0.4 is 5.32 Å². The van der Waals surface area contributed by atoms with Crippen molar-refractivity contribution in [2.75, 3.05) is 13.2 Å². The number of hydrogen-bond acceptors (Lipinski definition) is 5. The minimum Gasteiger partial charge on any atom is -0.462 e. The number of imide groups is 1. The van der Waals surface area contributed by atoms with Gasteiger partial charge in [0, 0.05) is 16.3 Å². The van der Waals surface area contributed by atoms with Crippen molar-refractivity contribution >= 4 is 35.3 Å². The molecule has 1 aromatic carbocycles. The summed E-state index contributed by atoms with van der Waals surface area (Å²) < 4.78 is 18.4. The summed E-state index contributed by atoms with van der Waals surface area (Å²) in [7, 11) is 0. The van der Waals surface area contributed by atoms with Gasteiger partial charge < -0.3 is 15.0 Å². The molecule has 1 aromatic heterocycles. The number of hydrogen-bond donors (Lipinski definition) is 2. The monoisotopic (exact) mass is 449 g/mol. The lowest BCUT2D eigenvalue weighted by molar-refractivity contribution is -0.130. The van der Waals surface area contributed by atoms with E-state index in [1.165, 1.54) is 13.0 Å². The number of urea groups is 1. The molecule has 0 radical (unpaired) electrons. The third-order valence-corrected chi connectivity index (χ3v) is 5.56. The molecular weight excluding hydrogens is 429 g/mol. The molecule has 1 aliphatic rings. The Bertz CT molecular complexity index is 1110. The number of Topliss-reactive ketones (excluding diaryl/α,β-unsaturated/α-hetero) is 1. The lowest BCUT2D eigenvalue weighted by Crippen LogP contribution is -2.41. The van der Waals surface area contributed by atoms with Crippen LogP contribution in [0.1, 0.15) is 51.5 Å². The summed E-state index contributed by atoms with van der Waals surface area (Å²) in [5.74, 6) is -2.42. The van der Waals surface area contributed by atoms with Gasteiger partial charge in [-0.3, -0.25) is 14.5 Å². The molecule has 2 aromatic rings. The van der Waals surface area contributed by atoms with E-state index in [2.05, 4.69) is 10.3 Å². The van der Waals surface area contributed by atoms with Gasteiger partial charge in [0.2, 0.25) is 0 Å². The molecule has 2 heterocycles. The van der Waals surface area contributed by atoms with Crippen LogP contribution in [-0.2, 0) is 15.1 Å². The number of carbonyl (C=O) groups excluding carboxylic acids is 4. The molecule has 3 amide bonds. The van der Waals surface area contributed by atoms with Crippen LogP contribution in [0.2, 0.25) is 5.02 Å². The average Bonchev–Trinajstić information content (AvgIpc) is 3.09. The molecule has 31 heavy (non-hydrogen) atoms. The number of aromatic nitrogens is 1. The summed E-state index contributed by atoms with van der Waals surface area (Å²) in [6, 6.07) is 2.69. The van der Waals surface area contributed by atoms with Gasteiger partial charge in [0.05, 0.1) is 24.4 Å². The number of benzene rings is 1. The first-order chi connectivity index (χ1) is 14.5. The van der Waals surface area contributed by atoms with E-state index in [0.717, 1.165) is 17.0 Å². The molecule has 10 heteroatoms. The lowest BCUT2D eigenvalue weighted by Gasteiger charge is -2.23. The van der Waals surface area contributed by atoms with E-state index in [9.17, 15) is 23.6 Å². The highest BCUT2D eigenvalue weighted by molar-refractivity contribution is 6.32. The molecule has 0 bridgehead atoms. The maximum atomic E-state index is 13.4. The van der Waals surface area contributed by atoms with Gasteiger partial charge >= 0.3 is 12.0 Å². The van der Waals surface area contributed by atoms with E-state index in [1.54, 1.807) is 20.8 Å². The molecule has 8 nitrogen and oxygen atoms in total. The molecule has 1 saturated heterocycles. The molecule has 1 atom stereocenters. The Labute approximate surface area is 182 Å². The quantitative estimate of drug-likeness (QED) is 0.400. The van der Waals surface area contributed by atoms with Crippen LogP contribution in [0.5, 0.6) is 0 Å². The zero-order valence-corrected chi connectivity index (χ0v) is 18.1. The lowest BCUT2D eigenvalue weighted by atomic mass is 9.92. The van der Waals surface area contributed by atoms with Gasteiger partial charge in [-0.1, -0.05) is 17.7 Å². The summed E-state index contributed by atoms with van der Waals surface area (Å²) in [6.45, 7) is 5.93. The standard InChI is InChI=1S/C21H21ClFN3O5/c1-5-31-18(28)16-10(2)17(24-11(16)3)15(27)9-26-19(29)21(4,25-20(26)30)13-7-6-12(23)8-14(13)22/h6-8,24H,5,9H2,1-4H3,(H,25,30). The van der Waals surface area contributed by atoms with Crippen LogP contribution >= 0.6 is 11.6 Å². The van der Waals surface area contributed by atoms with Gasteiger partial charge in [0.25, 0.3) is 5.91 Å². The number of ketones is 1. The van der Waals surface area contributed by atoms with Gasteiger partial charge in [-0.05, 0) is 45.4 Å². The van der Waals surface area contributed by atoms with Crippen LogP contribution in [0.3, 0.4) is 0 Å². The normalized spacial score (nSPS) is 18.3. The Morgan fingerprint density at radius 2 is 1.94 bits per heavy atom. The Morgan fingerprint density at radius 1 is 1.26 bits per heavy atom. The largest absolute Gasteiger partial charge is 0.462 e. The number of nitrogens with one attached hydrogen (secondary N) is 2. The van der Waals surface area contributed by atoms with E-state index >= 15 is 0 Å². The second-order valence-corrected chi connectivity index (χ2v) is 7.75. The van der Waals surface area contributed by atoms with Crippen molar-refractivity contribution in [2.45, 2.75) is 33.2 Å². The molecule has 1 fully saturated rings. The molecule has 2 N–H and O–H groups in total. The average molecular weight is 450 g/mol. The van der Waals surface area contributed by atoms with Crippen molar-refractivity contribution in [3.8, 4) is 0 Å². The Kier molecular flexibility index (Phi) is 5.91. The predicted molar refractivity (Wildman–Crippen MR) is 110 cm³/mol. The molecule has 0 spiro atoms. The Hall–Kier alpha value is -3.20. The van der Waals surface area contributed by atoms with E-state index in [1.807, 2.05) is 0 Å². The smallest absolute Gasteiger partial charge is 0.340 e. The van der Waals surface area contributed by atoms with E-state index in [-0.39, 0.29) is 28.5 Å². The fourth-order valence-electron chi connectivity index (χ4n) is 3.68.